The van der Waals surface area contributed by atoms with Crippen molar-refractivity contribution >= 4 is 39.7 Å². The first-order valence-electron chi connectivity index (χ1n) is 13.2. The van der Waals surface area contributed by atoms with Gasteiger partial charge in [-0.3, -0.25) is 10.6 Å². The van der Waals surface area contributed by atoms with Crippen molar-refractivity contribution in [3.8, 4) is 5.88 Å². The molecular weight excluding hydrogens is 561 g/mol. The number of aromatic nitrogens is 4. The lowest BCUT2D eigenvalue weighted by Crippen LogP contribution is -2.55. The number of likely N-dealkylation sites (N-methyl/N-ethyl adjacent to an activating group) is 1. The van der Waals surface area contributed by atoms with Crippen molar-refractivity contribution in [2.75, 3.05) is 61.6 Å². The monoisotopic (exact) mass is 595 g/mol. The molecule has 2 aliphatic heterocycles. The first-order valence-corrected chi connectivity index (χ1v) is 15.0. The Morgan fingerprint density at radius 2 is 1.93 bits per heavy atom. The molecule has 17 heteroatoms. The lowest BCUT2D eigenvalue weighted by Gasteiger charge is -2.39. The fraction of sp³-hybridized carbons (Fsp3) is 0.583. The predicted octanol–water partition coefficient (Wildman–Crippen LogP) is 1.72. The molecule has 41 heavy (non-hydrogen) atoms. The molecule has 2 aliphatic rings. The molecule has 2 aromatic rings. The third-order valence-electron chi connectivity index (χ3n) is 6.71. The van der Waals surface area contributed by atoms with Crippen molar-refractivity contribution in [2.45, 2.75) is 44.5 Å². The van der Waals surface area contributed by atoms with Gasteiger partial charge in [0.2, 0.25) is 21.9 Å². The number of ether oxygens (including phenoxy) is 2. The van der Waals surface area contributed by atoms with E-state index in [1.165, 1.54) is 40.9 Å². The number of rotatable bonds is 8. The molecule has 0 aromatic carbocycles. The van der Waals surface area contributed by atoms with Crippen LogP contribution in [0.4, 0.5) is 31.6 Å². The van der Waals surface area contributed by atoms with E-state index in [1.807, 2.05) is 6.92 Å². The predicted molar refractivity (Wildman–Crippen MR) is 147 cm³/mol. The smallest absolute Gasteiger partial charge is 0.413 e. The highest BCUT2D eigenvalue weighted by Crippen LogP contribution is 2.24. The number of nitrogens with one attached hydrogen (secondary N) is 2. The highest BCUT2D eigenvalue weighted by Gasteiger charge is 2.35. The van der Waals surface area contributed by atoms with Crippen LogP contribution in [0.3, 0.4) is 0 Å². The summed E-state index contributed by atoms with van der Waals surface area (Å²) < 4.78 is 50.5. The molecule has 2 saturated heterocycles. The number of amides is 3. The number of sulfonamides is 1. The van der Waals surface area contributed by atoms with Crippen molar-refractivity contribution in [2.24, 2.45) is 0 Å². The minimum atomic E-state index is -3.38. The third kappa shape index (κ3) is 8.09. The van der Waals surface area contributed by atoms with Crippen molar-refractivity contribution in [3.63, 3.8) is 0 Å². The number of halogens is 1. The summed E-state index contributed by atoms with van der Waals surface area (Å²) in [7, 11) is -1.89. The van der Waals surface area contributed by atoms with Crippen LogP contribution >= 0.6 is 0 Å². The van der Waals surface area contributed by atoms with Crippen LogP contribution in [0.1, 0.15) is 26.2 Å². The lowest BCUT2D eigenvalue weighted by atomic mass is 10.0. The van der Waals surface area contributed by atoms with Crippen LogP contribution in [0.15, 0.2) is 24.7 Å². The van der Waals surface area contributed by atoms with Gasteiger partial charge in [-0.25, -0.2) is 37.3 Å². The molecule has 4 heterocycles. The molecule has 0 unspecified atom stereocenters. The van der Waals surface area contributed by atoms with Gasteiger partial charge in [0.25, 0.3) is 0 Å². The summed E-state index contributed by atoms with van der Waals surface area (Å²) in [6.45, 7) is 3.13. The van der Waals surface area contributed by atoms with E-state index in [0.717, 1.165) is 6.26 Å². The van der Waals surface area contributed by atoms with Gasteiger partial charge < -0.3 is 19.3 Å². The first kappa shape index (κ1) is 30.1. The second kappa shape index (κ2) is 13.2. The van der Waals surface area contributed by atoms with Crippen molar-refractivity contribution in [3.05, 3.63) is 24.7 Å². The molecule has 2 aromatic heterocycles. The number of hydrogen-bond acceptors (Lipinski definition) is 11. The van der Waals surface area contributed by atoms with Gasteiger partial charge in [-0.1, -0.05) is 0 Å². The van der Waals surface area contributed by atoms with Crippen molar-refractivity contribution in [1.29, 1.82) is 0 Å². The van der Waals surface area contributed by atoms with E-state index >= 15 is 0 Å². The van der Waals surface area contributed by atoms with Gasteiger partial charge in [-0.2, -0.15) is 9.29 Å². The van der Waals surface area contributed by atoms with Gasteiger partial charge in [0.15, 0.2) is 5.82 Å². The van der Waals surface area contributed by atoms with Crippen LogP contribution in [0.5, 0.6) is 5.88 Å². The molecule has 0 aliphatic carbocycles. The molecule has 224 valence electrons. The average Bonchev–Trinajstić information content (AvgIpc) is 2.94. The van der Waals surface area contributed by atoms with Crippen LogP contribution in [-0.4, -0.2) is 114 Å². The number of carbonyl (C=O) groups is 2. The van der Waals surface area contributed by atoms with Gasteiger partial charge >= 0.3 is 12.1 Å². The summed E-state index contributed by atoms with van der Waals surface area (Å²) in [5.41, 5.74) is 0. The van der Waals surface area contributed by atoms with Crippen LogP contribution in [0.2, 0.25) is 0 Å². The van der Waals surface area contributed by atoms with E-state index in [0.29, 0.717) is 38.4 Å². The van der Waals surface area contributed by atoms with Crippen molar-refractivity contribution < 1.29 is 31.9 Å². The SMILES string of the molecule is CCOc1cnc(NC(=O)N(C)[C@H]2CN(c3nccc(NC(=O)O[C@H]4CCCN(S(C)(=O)=O)C4)n3)CC[C@H]2F)cn1. The van der Waals surface area contributed by atoms with Crippen LogP contribution in [-0.2, 0) is 14.8 Å². The first-order chi connectivity index (χ1) is 19.5. The average molecular weight is 596 g/mol. The highest BCUT2D eigenvalue weighted by molar-refractivity contribution is 7.88. The Labute approximate surface area is 237 Å². The maximum atomic E-state index is 15.0. The molecule has 0 saturated carbocycles. The molecule has 0 radical (unpaired) electrons. The summed E-state index contributed by atoms with van der Waals surface area (Å²) >= 11 is 0. The molecular formula is C24H34FN9O6S. The van der Waals surface area contributed by atoms with Crippen LogP contribution in [0, 0.1) is 0 Å². The van der Waals surface area contributed by atoms with E-state index in [4.69, 9.17) is 9.47 Å². The van der Waals surface area contributed by atoms with E-state index in [-0.39, 0.29) is 37.1 Å². The molecule has 0 spiro atoms. The number of urea groups is 1. The molecule has 3 atom stereocenters. The summed E-state index contributed by atoms with van der Waals surface area (Å²) in [5, 5.41) is 5.15. The normalized spacial score (nSPS) is 21.6. The van der Waals surface area contributed by atoms with E-state index in [2.05, 4.69) is 30.6 Å². The van der Waals surface area contributed by atoms with E-state index < -0.39 is 40.5 Å². The Balaban J connectivity index is 1.34. The number of carbonyl (C=O) groups excluding carboxylic acids is 2. The fourth-order valence-electron chi connectivity index (χ4n) is 4.56. The zero-order chi connectivity index (χ0) is 29.6. The highest BCUT2D eigenvalue weighted by atomic mass is 32.2. The number of alkyl halides is 1. The zero-order valence-corrected chi connectivity index (χ0v) is 23.9. The fourth-order valence-corrected chi connectivity index (χ4v) is 5.46. The largest absolute Gasteiger partial charge is 0.477 e. The Morgan fingerprint density at radius 1 is 1.12 bits per heavy atom. The third-order valence-corrected chi connectivity index (χ3v) is 7.98. The lowest BCUT2D eigenvalue weighted by molar-refractivity contribution is 0.0743. The Morgan fingerprint density at radius 3 is 2.63 bits per heavy atom. The van der Waals surface area contributed by atoms with Gasteiger partial charge in [0, 0.05) is 32.9 Å². The number of piperidine rings is 2. The molecule has 2 fully saturated rings. The summed E-state index contributed by atoms with van der Waals surface area (Å²) in [6, 6.07) is 0.105. The zero-order valence-electron chi connectivity index (χ0n) is 23.1. The standard InChI is InChI=1S/C24H34FN9O6S/c1-4-39-21-13-27-20(12-28-21)30-23(35)32(2)18-15-33(11-8-17(18)25)22-26-9-7-19(29-22)31-24(36)40-16-6-5-10-34(14-16)41(3,37)38/h7,9,12-13,16-18H,4-6,8,10-11,14-15H2,1-3H3,(H,27,30,35)(H,26,29,31,36)/t16-,17+,18-/m0/s1. The van der Waals surface area contributed by atoms with E-state index in [9.17, 15) is 22.4 Å². The van der Waals surface area contributed by atoms with Crippen LogP contribution < -0.4 is 20.3 Å². The van der Waals surface area contributed by atoms with Crippen molar-refractivity contribution in [1.82, 2.24) is 29.1 Å². The minimum absolute atomic E-state index is 0.0904. The molecule has 4 rings (SSSR count). The number of anilines is 3. The van der Waals surface area contributed by atoms with Crippen LogP contribution in [0.25, 0.3) is 0 Å². The van der Waals surface area contributed by atoms with Gasteiger partial charge in [-0.15, -0.1) is 0 Å². The molecule has 3 amide bonds. The number of hydrogen-bond donors (Lipinski definition) is 2. The minimum Gasteiger partial charge on any atom is -0.477 e. The Bertz CT molecular complexity index is 1320. The Hall–Kier alpha value is -3.86. The molecule has 0 bridgehead atoms. The molecule has 15 nitrogen and oxygen atoms in total. The quantitative estimate of drug-likeness (QED) is 0.455. The van der Waals surface area contributed by atoms with Gasteiger partial charge in [0.1, 0.15) is 18.1 Å². The summed E-state index contributed by atoms with van der Waals surface area (Å²) in [5.74, 6) is 0.921. The van der Waals surface area contributed by atoms with E-state index in [1.54, 1.807) is 4.90 Å². The Kier molecular flexibility index (Phi) is 9.69. The summed E-state index contributed by atoms with van der Waals surface area (Å²) in [4.78, 5) is 45.1. The van der Waals surface area contributed by atoms with Gasteiger partial charge in [-0.05, 0) is 32.3 Å². The maximum Gasteiger partial charge on any atom is 0.413 e. The maximum absolute atomic E-state index is 15.0. The number of nitrogens with zero attached hydrogens (tertiary/aromatic N) is 7. The second-order valence-electron chi connectivity index (χ2n) is 9.69. The van der Waals surface area contributed by atoms with Gasteiger partial charge in [0.05, 0.1) is 37.8 Å². The summed E-state index contributed by atoms with van der Waals surface area (Å²) in [6.07, 6.45) is 3.91. The second-order valence-corrected chi connectivity index (χ2v) is 11.7. The molecule has 2 N–H and O–H groups in total. The topological polar surface area (TPSA) is 172 Å².